The fourth-order valence-corrected chi connectivity index (χ4v) is 0.912. The molecule has 1 heterocycles. The second-order valence-corrected chi connectivity index (χ2v) is 3.20. The number of nitrogens with one attached hydrogen (secondary N) is 1. The number of aromatic nitrogens is 3. The van der Waals surface area contributed by atoms with Crippen molar-refractivity contribution in [3.05, 3.63) is 6.20 Å². The molecule has 1 N–H and O–H groups in total. The maximum Gasteiger partial charge on any atom is 0.145 e. The second-order valence-electron chi connectivity index (χ2n) is 3.20. The largest absolute Gasteiger partial charge is 0.353 e. The van der Waals surface area contributed by atoms with Gasteiger partial charge in [0.25, 0.3) is 0 Å². The highest BCUT2D eigenvalue weighted by Crippen LogP contribution is 2.15. The van der Waals surface area contributed by atoms with Crippen molar-refractivity contribution in [2.45, 2.75) is 25.8 Å². The van der Waals surface area contributed by atoms with Crippen molar-refractivity contribution >= 4 is 5.82 Å². The van der Waals surface area contributed by atoms with E-state index in [1.54, 1.807) is 10.9 Å². The highest BCUT2D eigenvalue weighted by atomic mass is 15.4. The molecule has 4 nitrogen and oxygen atoms in total. The maximum absolute atomic E-state index is 5.42. The number of terminal acetylenes is 1. The van der Waals surface area contributed by atoms with Crippen LogP contribution in [0.4, 0.5) is 5.82 Å². The van der Waals surface area contributed by atoms with Crippen LogP contribution in [0.15, 0.2) is 6.20 Å². The first-order valence-electron chi connectivity index (χ1n) is 4.22. The third kappa shape index (κ3) is 2.00. The van der Waals surface area contributed by atoms with Crippen LogP contribution >= 0.6 is 0 Å². The van der Waals surface area contributed by atoms with Gasteiger partial charge in [-0.1, -0.05) is 18.1 Å². The molecule has 4 heteroatoms. The van der Waals surface area contributed by atoms with E-state index in [2.05, 4.69) is 21.5 Å². The van der Waals surface area contributed by atoms with Gasteiger partial charge in [-0.15, -0.1) is 11.5 Å². The van der Waals surface area contributed by atoms with Gasteiger partial charge >= 0.3 is 0 Å². The summed E-state index contributed by atoms with van der Waals surface area (Å²) in [7, 11) is 1.82. The average Bonchev–Trinajstić information content (AvgIpc) is 2.52. The smallest absolute Gasteiger partial charge is 0.145 e. The molecule has 0 radical (unpaired) electrons. The molecule has 0 spiro atoms. The molecule has 13 heavy (non-hydrogen) atoms. The predicted molar refractivity (Wildman–Crippen MR) is 52.2 cm³/mol. The van der Waals surface area contributed by atoms with Crippen molar-refractivity contribution in [3.63, 3.8) is 0 Å². The van der Waals surface area contributed by atoms with Crippen LogP contribution in [0.1, 0.15) is 20.3 Å². The van der Waals surface area contributed by atoms with Crippen molar-refractivity contribution in [1.82, 2.24) is 15.0 Å². The molecule has 0 fully saturated rings. The van der Waals surface area contributed by atoms with E-state index in [9.17, 15) is 0 Å². The third-order valence-corrected chi connectivity index (χ3v) is 2.14. The van der Waals surface area contributed by atoms with Gasteiger partial charge in [0, 0.05) is 7.05 Å². The Morgan fingerprint density at radius 3 is 2.85 bits per heavy atom. The van der Waals surface area contributed by atoms with Gasteiger partial charge in [-0.2, -0.15) is 0 Å². The summed E-state index contributed by atoms with van der Waals surface area (Å²) in [5.41, 5.74) is -0.324. The van der Waals surface area contributed by atoms with Crippen LogP contribution in [-0.2, 0) is 7.05 Å². The lowest BCUT2D eigenvalue weighted by Gasteiger charge is -2.23. The monoisotopic (exact) mass is 178 g/mol. The quantitative estimate of drug-likeness (QED) is 0.703. The molecule has 1 aromatic heterocycles. The van der Waals surface area contributed by atoms with Crippen molar-refractivity contribution in [2.75, 3.05) is 5.32 Å². The Labute approximate surface area is 78.3 Å². The lowest BCUT2D eigenvalue weighted by atomic mass is 10.0. The van der Waals surface area contributed by atoms with Gasteiger partial charge in [0.2, 0.25) is 0 Å². The Hall–Kier alpha value is -1.50. The second kappa shape index (κ2) is 3.48. The summed E-state index contributed by atoms with van der Waals surface area (Å²) in [6.45, 7) is 4.01. The van der Waals surface area contributed by atoms with Crippen LogP contribution in [0.25, 0.3) is 0 Å². The van der Waals surface area contributed by atoms with Gasteiger partial charge in [0.1, 0.15) is 5.82 Å². The van der Waals surface area contributed by atoms with E-state index < -0.39 is 0 Å². The fraction of sp³-hybridized carbons (Fsp3) is 0.556. The molecular weight excluding hydrogens is 164 g/mol. The van der Waals surface area contributed by atoms with Gasteiger partial charge in [0.15, 0.2) is 0 Å². The molecular formula is C9H14N4. The zero-order valence-electron chi connectivity index (χ0n) is 8.20. The standard InChI is InChI=1S/C9H14N4/c1-5-9(3,6-2)11-8-7-10-12-13(8)4/h1,7,11H,6H2,2-4H3. The van der Waals surface area contributed by atoms with E-state index in [1.165, 1.54) is 0 Å². The zero-order chi connectivity index (χ0) is 9.90. The highest BCUT2D eigenvalue weighted by molar-refractivity contribution is 5.39. The molecule has 0 amide bonds. The Morgan fingerprint density at radius 1 is 1.77 bits per heavy atom. The van der Waals surface area contributed by atoms with Crippen LogP contribution < -0.4 is 5.32 Å². The van der Waals surface area contributed by atoms with Gasteiger partial charge in [-0.05, 0) is 13.3 Å². The number of hydrogen-bond donors (Lipinski definition) is 1. The topological polar surface area (TPSA) is 42.7 Å². The SMILES string of the molecule is C#CC(C)(CC)Nc1cnnn1C. The van der Waals surface area contributed by atoms with E-state index in [0.717, 1.165) is 12.2 Å². The van der Waals surface area contributed by atoms with Crippen molar-refractivity contribution in [1.29, 1.82) is 0 Å². The predicted octanol–water partition coefficient (Wildman–Crippen LogP) is 1.03. The van der Waals surface area contributed by atoms with Crippen LogP contribution in [0.5, 0.6) is 0 Å². The fourth-order valence-electron chi connectivity index (χ4n) is 0.912. The molecule has 1 rings (SSSR count). The van der Waals surface area contributed by atoms with Crippen LogP contribution in [0, 0.1) is 12.3 Å². The summed E-state index contributed by atoms with van der Waals surface area (Å²) >= 11 is 0. The third-order valence-electron chi connectivity index (χ3n) is 2.14. The van der Waals surface area contributed by atoms with E-state index in [-0.39, 0.29) is 5.54 Å². The lowest BCUT2D eigenvalue weighted by Crippen LogP contribution is -2.32. The zero-order valence-corrected chi connectivity index (χ0v) is 8.20. The molecule has 0 saturated heterocycles. The average molecular weight is 178 g/mol. The van der Waals surface area contributed by atoms with Crippen LogP contribution in [0.2, 0.25) is 0 Å². The molecule has 0 bridgehead atoms. The summed E-state index contributed by atoms with van der Waals surface area (Å²) in [6, 6.07) is 0. The number of anilines is 1. The first-order chi connectivity index (χ1) is 6.11. The van der Waals surface area contributed by atoms with E-state index in [0.29, 0.717) is 0 Å². The van der Waals surface area contributed by atoms with E-state index >= 15 is 0 Å². The summed E-state index contributed by atoms with van der Waals surface area (Å²) < 4.78 is 1.66. The first kappa shape index (κ1) is 9.59. The molecule has 0 aromatic carbocycles. The van der Waals surface area contributed by atoms with E-state index in [1.807, 2.05) is 20.9 Å². The molecule has 70 valence electrons. The Bertz CT molecular complexity index is 323. The molecule has 1 atom stereocenters. The summed E-state index contributed by atoms with van der Waals surface area (Å²) in [5, 5.41) is 10.8. The van der Waals surface area contributed by atoms with Crippen molar-refractivity contribution in [2.24, 2.45) is 7.05 Å². The van der Waals surface area contributed by atoms with E-state index in [4.69, 9.17) is 6.42 Å². The van der Waals surface area contributed by atoms with Crippen LogP contribution in [-0.4, -0.2) is 20.5 Å². The summed E-state index contributed by atoms with van der Waals surface area (Å²) in [6.07, 6.45) is 7.94. The molecule has 0 aliphatic carbocycles. The lowest BCUT2D eigenvalue weighted by molar-refractivity contribution is 0.617. The van der Waals surface area contributed by atoms with Gasteiger partial charge in [-0.3, -0.25) is 0 Å². The number of aryl methyl sites for hydroxylation is 1. The van der Waals surface area contributed by atoms with Crippen molar-refractivity contribution in [3.8, 4) is 12.3 Å². The molecule has 1 unspecified atom stereocenters. The highest BCUT2D eigenvalue weighted by Gasteiger charge is 2.19. The van der Waals surface area contributed by atoms with Crippen LogP contribution in [0.3, 0.4) is 0 Å². The number of nitrogens with zero attached hydrogens (tertiary/aromatic N) is 3. The van der Waals surface area contributed by atoms with Gasteiger partial charge in [-0.25, -0.2) is 4.68 Å². The summed E-state index contributed by atoms with van der Waals surface area (Å²) in [5.74, 6) is 3.55. The summed E-state index contributed by atoms with van der Waals surface area (Å²) in [4.78, 5) is 0. The molecule has 0 aliphatic heterocycles. The minimum Gasteiger partial charge on any atom is -0.353 e. The van der Waals surface area contributed by atoms with Crippen molar-refractivity contribution < 1.29 is 0 Å². The number of hydrogen-bond acceptors (Lipinski definition) is 3. The number of rotatable bonds is 3. The Kier molecular flexibility index (Phi) is 2.57. The Morgan fingerprint density at radius 2 is 2.46 bits per heavy atom. The normalized spacial score (nSPS) is 14.6. The minimum atomic E-state index is -0.324. The first-order valence-corrected chi connectivity index (χ1v) is 4.22. The Balaban J connectivity index is 2.80. The molecule has 0 aliphatic rings. The van der Waals surface area contributed by atoms with Gasteiger partial charge in [0.05, 0.1) is 11.7 Å². The molecule has 1 aromatic rings. The molecule has 0 saturated carbocycles. The van der Waals surface area contributed by atoms with Gasteiger partial charge < -0.3 is 5.32 Å². The minimum absolute atomic E-state index is 0.324. The maximum atomic E-state index is 5.42.